The van der Waals surface area contributed by atoms with E-state index in [4.69, 9.17) is 68.7 Å². The Bertz CT molecular complexity index is 7360. The average molecular weight is 2120 g/mol. The number of nitrogens with two attached hydrogens (primary N) is 2. The summed E-state index contributed by atoms with van der Waals surface area (Å²) < 4.78 is 122. The first-order valence-electron chi connectivity index (χ1n) is 44.9. The second-order valence-electron chi connectivity index (χ2n) is 33.6. The third kappa shape index (κ3) is 26.7. The van der Waals surface area contributed by atoms with Crippen molar-refractivity contribution in [3.8, 4) is 23.0 Å². The van der Waals surface area contributed by atoms with Crippen LogP contribution in [0, 0.1) is 6.92 Å². The summed E-state index contributed by atoms with van der Waals surface area (Å²) in [6, 6.07) is 67.8. The van der Waals surface area contributed by atoms with E-state index in [2.05, 4.69) is 61.0 Å². The Morgan fingerprint density at radius 1 is 0.618 bits per heavy atom. The Kier molecular flexibility index (Phi) is 38.8. The third-order valence-corrected chi connectivity index (χ3v) is 30.2. The molecule has 3 aliphatic rings. The van der Waals surface area contributed by atoms with E-state index in [9.17, 15) is 48.4 Å². The van der Waals surface area contributed by atoms with E-state index in [0.717, 1.165) is 132 Å². The number of sulfone groups is 2. The number of hydrogen-bond donors (Lipinski definition) is 12. The number of phenolic OH excluding ortho intramolecular Hbond substituents is 1. The number of ketones is 1. The minimum atomic E-state index is -3.73. The predicted octanol–water partition coefficient (Wildman–Crippen LogP) is 15.4. The number of aromatic nitrogens is 4. The molecule has 42 heteroatoms. The number of halogens is 4. The molecule has 0 saturated carbocycles. The molecule has 2 unspecified atom stereocenters. The van der Waals surface area contributed by atoms with Gasteiger partial charge in [-0.1, -0.05) is 120 Å². The number of nitrogens with zero attached hydrogens (tertiary/aromatic N) is 7. The lowest BCUT2D eigenvalue weighted by Crippen LogP contribution is -2.55. The monoisotopic (exact) mass is 2120 g/mol. The number of benzene rings is 11. The van der Waals surface area contributed by atoms with Crippen molar-refractivity contribution in [2.24, 2.45) is 5.73 Å². The molecule has 14 aromatic rings. The second-order valence-corrected chi connectivity index (χ2v) is 41.9. The molecule has 2 fully saturated rings. The number of H-pyrrole nitrogens is 1. The van der Waals surface area contributed by atoms with Crippen LogP contribution < -0.4 is 71.7 Å². The molecule has 1 amide bonds. The van der Waals surface area contributed by atoms with Gasteiger partial charge in [-0.25, -0.2) is 47.2 Å². The summed E-state index contributed by atoms with van der Waals surface area (Å²) in [5, 5.41) is 44.7. The van der Waals surface area contributed by atoms with Gasteiger partial charge in [0.1, 0.15) is 28.5 Å². The molecule has 11 aromatic carbocycles. The van der Waals surface area contributed by atoms with Gasteiger partial charge in [0.05, 0.1) is 86.5 Å². The summed E-state index contributed by atoms with van der Waals surface area (Å²) in [5.41, 5.74) is 20.6. The second kappa shape index (κ2) is 49.7. The molecule has 3 aliphatic heterocycles. The van der Waals surface area contributed by atoms with E-state index in [1.54, 1.807) is 157 Å². The van der Waals surface area contributed by atoms with Crippen molar-refractivity contribution in [3.05, 3.63) is 292 Å². The highest BCUT2D eigenvalue weighted by molar-refractivity contribution is 7.93. The van der Waals surface area contributed by atoms with Crippen LogP contribution in [0.3, 0.4) is 0 Å². The van der Waals surface area contributed by atoms with E-state index >= 15 is 0 Å². The number of phenols is 1. The Morgan fingerprint density at radius 3 is 1.83 bits per heavy atom. The Hall–Kier alpha value is -13.5. The molecule has 0 spiro atoms. The highest BCUT2D eigenvalue weighted by Gasteiger charge is 2.52. The minimum absolute atomic E-state index is 0. The largest absolute Gasteiger partial charge is 0.508 e. The van der Waals surface area contributed by atoms with Gasteiger partial charge in [0.15, 0.2) is 27.1 Å². The van der Waals surface area contributed by atoms with Gasteiger partial charge in [0.25, 0.3) is 20.0 Å². The van der Waals surface area contributed by atoms with Crippen LogP contribution >= 0.6 is 48.0 Å². The number of hydrogen-bond acceptors (Lipinski definition) is 28. The fourth-order valence-electron chi connectivity index (χ4n) is 16.5. The van der Waals surface area contributed by atoms with Gasteiger partial charge in [-0.15, -0.1) is 24.8 Å². The van der Waals surface area contributed by atoms with Gasteiger partial charge in [-0.2, -0.15) is 9.97 Å². The number of methoxy groups -OCH3 is 3. The van der Waals surface area contributed by atoms with Gasteiger partial charge in [0, 0.05) is 152 Å². The lowest BCUT2D eigenvalue weighted by molar-refractivity contribution is -0.159. The van der Waals surface area contributed by atoms with Crippen molar-refractivity contribution >= 4 is 190 Å². The number of carbonyl (C=O) groups is 4. The number of carbonyl (C=O) groups excluding carboxylic acids is 2. The lowest BCUT2D eigenvalue weighted by Gasteiger charge is -2.42. The maximum Gasteiger partial charge on any atom is 0.414 e. The maximum absolute atomic E-state index is 14.2. The Morgan fingerprint density at radius 2 is 1.22 bits per heavy atom. The lowest BCUT2D eigenvalue weighted by atomic mass is 9.71. The number of ether oxygens (including phenoxy) is 3. The van der Waals surface area contributed by atoms with Gasteiger partial charge < -0.3 is 92.2 Å². The summed E-state index contributed by atoms with van der Waals surface area (Å²) in [6.45, 7) is 13.9. The first-order valence-corrected chi connectivity index (χ1v) is 52.0. The van der Waals surface area contributed by atoms with Gasteiger partial charge in [-0.3, -0.25) is 14.3 Å². The highest BCUT2D eigenvalue weighted by Crippen LogP contribution is 2.48. The smallest absolute Gasteiger partial charge is 0.414 e. The standard InChI is InChI=1S/C27H26ClN3O3.C21H28ClN3O4S.C21H20N2O2S.C19H22N2O3S.C12H16N6O2S.C2H2O4.2ClH/c1-27(19-7-9-21(32)10-8-19)25(33)24-22(30-13-11-29-12-14-30)15-20(28)16-23(24)31(26(27)34)17-18-5-3-2-4-6-18;1-14(17-11-15(22)12-19(28-2)21(17)29-3)24-18-13-16(25-9-7-23-8-10-25)5-6-20(18)30(4,26)27;1-14-17(11-12-22)19-13-16(9-10-20(19)23-14)26(24,25)21-8-4-6-15-5-2-3-7-18(15)21;1-20(2)12-11-15-14-21(19-10-9-16(24-3)13-18(15)19)25(22,23)17-7-5-4-6-8-17;1-14-10-7-11(17-12(15-2)16-10)18-21(19,20)9-5-3-8(13)4-6-9;3-1(4)2(5)6;;/h2-10,15-16,29,32H,11-14,17H2,1H3;5-6,11-14,23-24H,7-10H2,1-4H3;2-10,13,23H,11-12,22H2,1H3;4-10,13-14H,11-12H2,1-3H3;3-7H,13H2,1-2H3,(H3,14,15,16,17,18);(H,3,4)(H,5,6);2*1H. The average Bonchev–Trinajstić information content (AvgIpc) is 1.07. The number of aryl methyl sites for hydroxylation is 1. The van der Waals surface area contributed by atoms with Crippen LogP contribution in [-0.4, -0.2) is 218 Å². The van der Waals surface area contributed by atoms with Crippen molar-refractivity contribution < 1.29 is 82.4 Å². The van der Waals surface area contributed by atoms with E-state index in [-0.39, 0.29) is 68.8 Å². The Balaban J connectivity index is 0.000000183. The zero-order chi connectivity index (χ0) is 103. The zero-order valence-electron chi connectivity index (χ0n) is 80.8. The molecule has 144 heavy (non-hydrogen) atoms. The SMILES string of the molecule is CC1(c2ccc(O)cc2)C(=O)c2c(N3CCNCC3)cc(Cl)cc2N(Cc2ccccc2)C1=O.CNc1cc(NS(=O)(=O)c2ccc(N)cc2)nc(NC)n1.COc1cc(Cl)cc(C(C)Nc2cc(N3CCNCC3)ccc2S(C)(=O)=O)c1OC.COc1ccc2c(c1)c(CCN(C)C)cn2S(=O)(=O)c1ccccc1.Cc1[nH]c2ccc(S(=O)(=O)c3cccc4ccccc34)cc2c1CCN.Cl.Cl.O=C(O)C(=O)O. The number of nitrogen functional groups attached to an aromatic ring is 1. The first kappa shape index (κ1) is 112. The summed E-state index contributed by atoms with van der Waals surface area (Å²) >= 11 is 12.8. The normalized spacial score (nSPS) is 14.2. The Labute approximate surface area is 859 Å². The summed E-state index contributed by atoms with van der Waals surface area (Å²) in [6.07, 6.45) is 4.42. The number of sulfonamides is 1. The molecule has 3 aromatic heterocycles. The van der Waals surface area contributed by atoms with Crippen molar-refractivity contribution in [1.82, 2.24) is 34.5 Å². The topological polar surface area (TPSA) is 477 Å². The number of nitrogens with one attached hydrogen (secondary N) is 7. The quantitative estimate of drug-likeness (QED) is 0.0136. The van der Waals surface area contributed by atoms with Crippen LogP contribution in [0.5, 0.6) is 23.0 Å². The summed E-state index contributed by atoms with van der Waals surface area (Å²) in [7, 11) is -2.37. The van der Waals surface area contributed by atoms with E-state index < -0.39 is 57.1 Å². The van der Waals surface area contributed by atoms with Gasteiger partial charge >= 0.3 is 11.9 Å². The van der Waals surface area contributed by atoms with Crippen LogP contribution in [-0.2, 0) is 78.9 Å². The highest BCUT2D eigenvalue weighted by atomic mass is 35.5. The maximum atomic E-state index is 14.2. The van der Waals surface area contributed by atoms with Crippen molar-refractivity contribution in [1.29, 1.82) is 0 Å². The number of Topliss-reactive ketones (excluding diaryl/α,β-unsaturated/α-hetero) is 1. The summed E-state index contributed by atoms with van der Waals surface area (Å²) in [4.78, 5) is 67.4. The molecule has 2 saturated heterocycles. The van der Waals surface area contributed by atoms with Crippen molar-refractivity contribution in [2.45, 2.75) is 76.1 Å². The molecule has 34 nitrogen and oxygen atoms in total. The molecule has 6 heterocycles. The predicted molar refractivity (Wildman–Crippen MR) is 573 cm³/mol. The third-order valence-electron chi connectivity index (χ3n) is 23.8. The van der Waals surface area contributed by atoms with Crippen LogP contribution in [0.2, 0.25) is 10.0 Å². The van der Waals surface area contributed by atoms with Gasteiger partial charge in [0.2, 0.25) is 21.7 Å². The minimum Gasteiger partial charge on any atom is -0.508 e. The molecule has 17 rings (SSSR count). The van der Waals surface area contributed by atoms with Crippen LogP contribution in [0.25, 0.3) is 32.6 Å². The number of aromatic amines is 1. The number of carboxylic acid groups (broad SMARTS) is 2. The first-order chi connectivity index (χ1) is 67.7. The zero-order valence-corrected chi connectivity index (χ0v) is 87.2. The molecule has 0 aliphatic carbocycles. The van der Waals surface area contributed by atoms with Crippen LogP contribution in [0.1, 0.15) is 63.8 Å². The number of carboxylic acids is 2. The molecule has 0 radical (unpaired) electrons. The van der Waals surface area contributed by atoms with Crippen molar-refractivity contribution in [3.63, 3.8) is 0 Å². The number of piperazine rings is 2. The number of fused-ring (bicyclic) bond motifs is 4. The van der Waals surface area contributed by atoms with Crippen LogP contribution in [0.4, 0.5) is 46.0 Å². The number of likely N-dealkylation sites (N-methyl/N-ethyl adjacent to an activating group) is 1. The number of aliphatic carboxylic acids is 2. The molecule has 14 N–H and O–H groups in total. The van der Waals surface area contributed by atoms with E-state index in [0.29, 0.717) is 102 Å². The number of aromatic hydroxyl groups is 1. The molecule has 764 valence electrons. The van der Waals surface area contributed by atoms with Crippen molar-refractivity contribution in [2.75, 3.05) is 162 Å². The number of rotatable bonds is 26. The number of amides is 1. The van der Waals surface area contributed by atoms with Gasteiger partial charge in [-0.05, 0) is 209 Å². The molecular formula is C102H116Cl4N16O18S4. The molecule has 2 atom stereocenters. The fraction of sp³-hybridized carbons (Fsp3) is 0.255. The van der Waals surface area contributed by atoms with Crippen LogP contribution in [0.15, 0.2) is 267 Å². The van der Waals surface area contributed by atoms with E-state index in [1.165, 1.54) is 52.7 Å². The molecular weight excluding hydrogens is 2010 g/mol. The number of anilines is 8. The fourth-order valence-corrected chi connectivity index (χ4v) is 21.7. The summed E-state index contributed by atoms with van der Waals surface area (Å²) in [5.74, 6) is -1.39. The van der Waals surface area contributed by atoms with E-state index in [1.807, 2.05) is 119 Å². The molecule has 0 bridgehead atoms.